The molecule has 13 nitrogen and oxygen atoms in total. The van der Waals surface area contributed by atoms with Gasteiger partial charge in [-0.15, -0.1) is 0 Å². The highest BCUT2D eigenvalue weighted by atomic mass is 32.2. The second kappa shape index (κ2) is 13.6. The number of fused-ring (bicyclic) bond motifs is 1. The number of nitrogens with zero attached hydrogens (tertiary/aromatic N) is 3. The maximum atomic E-state index is 13.1. The molecule has 0 unspecified atom stereocenters. The highest BCUT2D eigenvalue weighted by Gasteiger charge is 2.24. The Hall–Kier alpha value is -2.99. The average molecular weight is 615 g/mol. The lowest BCUT2D eigenvalue weighted by atomic mass is 10.2. The molecule has 16 heteroatoms. The topological polar surface area (TPSA) is 177 Å². The van der Waals surface area contributed by atoms with E-state index in [1.807, 2.05) is 0 Å². The van der Waals surface area contributed by atoms with E-state index in [2.05, 4.69) is 4.99 Å². The zero-order valence-corrected chi connectivity index (χ0v) is 24.6. The van der Waals surface area contributed by atoms with Crippen LogP contribution in [0.2, 0.25) is 0 Å². The van der Waals surface area contributed by atoms with Crippen LogP contribution >= 0.6 is 11.3 Å². The number of esters is 1. The Morgan fingerprint density at radius 3 is 2.10 bits per heavy atom. The van der Waals surface area contributed by atoms with Crippen LogP contribution in [-0.2, 0) is 45.6 Å². The highest BCUT2D eigenvalue weighted by Crippen LogP contribution is 2.22. The molecule has 0 aliphatic rings. The molecule has 2 aromatic carbocycles. The maximum absolute atomic E-state index is 13.1. The zero-order chi connectivity index (χ0) is 29.5. The molecule has 0 spiro atoms. The van der Waals surface area contributed by atoms with Crippen molar-refractivity contribution in [1.82, 2.24) is 8.87 Å². The van der Waals surface area contributed by atoms with Crippen LogP contribution < -0.4 is 9.94 Å². The predicted molar refractivity (Wildman–Crippen MR) is 147 cm³/mol. The van der Waals surface area contributed by atoms with Gasteiger partial charge in [-0.2, -0.15) is 9.30 Å². The lowest BCUT2D eigenvalue weighted by Crippen LogP contribution is -2.36. The summed E-state index contributed by atoms with van der Waals surface area (Å²) in [6, 6.07) is 9.56. The van der Waals surface area contributed by atoms with Gasteiger partial charge in [-0.25, -0.2) is 22.0 Å². The molecule has 0 radical (unpaired) electrons. The minimum absolute atomic E-state index is 0.0122. The molecular weight excluding hydrogens is 584 g/mol. The van der Waals surface area contributed by atoms with Crippen LogP contribution in [0.3, 0.4) is 0 Å². The summed E-state index contributed by atoms with van der Waals surface area (Å²) in [4.78, 5) is 29.1. The van der Waals surface area contributed by atoms with E-state index >= 15 is 0 Å². The van der Waals surface area contributed by atoms with E-state index in [1.165, 1.54) is 68.1 Å². The van der Waals surface area contributed by atoms with Crippen molar-refractivity contribution < 1.29 is 40.6 Å². The number of aromatic nitrogens is 1. The Morgan fingerprint density at radius 1 is 0.950 bits per heavy atom. The lowest BCUT2D eigenvalue weighted by molar-refractivity contribution is -0.140. The summed E-state index contributed by atoms with van der Waals surface area (Å²) in [5.74, 6) is -1.14. The Balaban J connectivity index is 1.98. The number of methoxy groups -OCH3 is 3. The standard InChI is InChI=1S/C24H30N4O9S3/c1-35-14-12-27(13-15-36-2)40(33,34)18-6-4-17(5-7-18)23(30)26-24-28(11-10-22(29)37-3)20-9-8-19(39(25,31)32)16-21(20)38-24/h4-9,16H,10-15H2,1-3H3,(H2,25,31,32). The van der Waals surface area contributed by atoms with Gasteiger partial charge in [0.05, 0.1) is 46.8 Å². The number of primary sulfonamides is 1. The summed E-state index contributed by atoms with van der Waals surface area (Å²) in [6.45, 7) is 0.764. The quantitative estimate of drug-likeness (QED) is 0.275. The molecule has 1 heterocycles. The molecule has 0 saturated heterocycles. The van der Waals surface area contributed by atoms with Gasteiger partial charge in [0, 0.05) is 39.4 Å². The van der Waals surface area contributed by atoms with Crippen LogP contribution in [-0.4, -0.2) is 85.2 Å². The fourth-order valence-corrected chi connectivity index (χ4v) is 6.76. The first kappa shape index (κ1) is 31.5. The molecule has 3 aromatic rings. The summed E-state index contributed by atoms with van der Waals surface area (Å²) in [5, 5.41) is 5.25. The van der Waals surface area contributed by atoms with Gasteiger partial charge in [0.25, 0.3) is 5.91 Å². The van der Waals surface area contributed by atoms with Gasteiger partial charge in [-0.3, -0.25) is 9.59 Å². The van der Waals surface area contributed by atoms with Crippen LogP contribution in [0.1, 0.15) is 16.8 Å². The second-order valence-electron chi connectivity index (χ2n) is 8.37. The number of benzene rings is 2. The average Bonchev–Trinajstić information content (AvgIpc) is 3.27. The van der Waals surface area contributed by atoms with E-state index in [0.717, 1.165) is 11.3 Å². The first-order valence-corrected chi connectivity index (χ1v) is 15.6. The number of carbonyl (C=O) groups is 2. The summed E-state index contributed by atoms with van der Waals surface area (Å²) < 4.78 is 67.9. The smallest absolute Gasteiger partial charge is 0.307 e. The van der Waals surface area contributed by atoms with Crippen LogP contribution in [0, 0.1) is 0 Å². The van der Waals surface area contributed by atoms with Crippen LogP contribution in [0.15, 0.2) is 57.2 Å². The van der Waals surface area contributed by atoms with Crippen molar-refractivity contribution in [3.8, 4) is 0 Å². The van der Waals surface area contributed by atoms with Gasteiger partial charge >= 0.3 is 5.97 Å². The summed E-state index contributed by atoms with van der Waals surface area (Å²) in [7, 11) is -3.65. The molecule has 1 aromatic heterocycles. The third-order valence-electron chi connectivity index (χ3n) is 5.78. The number of amides is 1. The minimum atomic E-state index is -3.97. The number of aryl methyl sites for hydroxylation is 1. The minimum Gasteiger partial charge on any atom is -0.469 e. The molecule has 218 valence electrons. The largest absolute Gasteiger partial charge is 0.469 e. The Labute approximate surface area is 235 Å². The number of hydrogen-bond donors (Lipinski definition) is 1. The second-order valence-corrected chi connectivity index (χ2v) is 12.9. The van der Waals surface area contributed by atoms with Crippen molar-refractivity contribution in [3.05, 3.63) is 52.8 Å². The number of thiazole rings is 1. The highest BCUT2D eigenvalue weighted by molar-refractivity contribution is 7.89. The summed E-state index contributed by atoms with van der Waals surface area (Å²) >= 11 is 1.04. The van der Waals surface area contributed by atoms with Gasteiger partial charge < -0.3 is 18.8 Å². The molecule has 0 bridgehead atoms. The van der Waals surface area contributed by atoms with Crippen molar-refractivity contribution in [2.24, 2.45) is 10.1 Å². The van der Waals surface area contributed by atoms with Crippen LogP contribution in [0.5, 0.6) is 0 Å². The number of rotatable bonds is 13. The van der Waals surface area contributed by atoms with Crippen molar-refractivity contribution in [2.75, 3.05) is 47.6 Å². The van der Waals surface area contributed by atoms with Crippen molar-refractivity contribution >= 4 is 53.5 Å². The number of nitrogens with two attached hydrogens (primary N) is 1. The zero-order valence-electron chi connectivity index (χ0n) is 22.1. The van der Waals surface area contributed by atoms with Gasteiger partial charge in [-0.05, 0) is 42.5 Å². The van der Waals surface area contributed by atoms with Gasteiger partial charge in [0.15, 0.2) is 4.80 Å². The molecule has 0 fully saturated rings. The molecule has 1 amide bonds. The van der Waals surface area contributed by atoms with Crippen molar-refractivity contribution in [2.45, 2.75) is 22.8 Å². The first-order valence-electron chi connectivity index (χ1n) is 11.8. The Kier molecular flexibility index (Phi) is 10.7. The van der Waals surface area contributed by atoms with Gasteiger partial charge in [0.2, 0.25) is 20.0 Å². The van der Waals surface area contributed by atoms with Gasteiger partial charge in [-0.1, -0.05) is 11.3 Å². The van der Waals surface area contributed by atoms with E-state index in [-0.39, 0.29) is 59.4 Å². The molecule has 2 N–H and O–H groups in total. The normalized spacial score (nSPS) is 12.8. The third-order valence-corrected chi connectivity index (χ3v) is 9.64. The summed E-state index contributed by atoms with van der Waals surface area (Å²) in [6.07, 6.45) is -0.0180. The summed E-state index contributed by atoms with van der Waals surface area (Å²) in [5.41, 5.74) is 0.669. The number of ether oxygens (including phenoxy) is 3. The predicted octanol–water partition coefficient (Wildman–Crippen LogP) is 0.938. The lowest BCUT2D eigenvalue weighted by Gasteiger charge is -2.21. The van der Waals surface area contributed by atoms with Crippen molar-refractivity contribution in [1.29, 1.82) is 0 Å². The number of hydrogen-bond acceptors (Lipinski definition) is 10. The van der Waals surface area contributed by atoms with Crippen LogP contribution in [0.4, 0.5) is 0 Å². The molecule has 0 saturated carbocycles. The fourth-order valence-electron chi connectivity index (χ4n) is 3.65. The molecule has 0 atom stereocenters. The first-order chi connectivity index (χ1) is 18.9. The molecule has 40 heavy (non-hydrogen) atoms. The monoisotopic (exact) mass is 614 g/mol. The van der Waals surface area contributed by atoms with Crippen molar-refractivity contribution in [3.63, 3.8) is 0 Å². The van der Waals surface area contributed by atoms with Crippen LogP contribution in [0.25, 0.3) is 10.2 Å². The maximum Gasteiger partial charge on any atom is 0.307 e. The van der Waals surface area contributed by atoms with E-state index in [4.69, 9.17) is 19.3 Å². The number of carbonyl (C=O) groups excluding carboxylic acids is 2. The fraction of sp³-hybridized carbons (Fsp3) is 0.375. The molecule has 3 rings (SSSR count). The van der Waals surface area contributed by atoms with Gasteiger partial charge in [0.1, 0.15) is 0 Å². The van der Waals surface area contributed by atoms with E-state index in [9.17, 15) is 26.4 Å². The van der Waals surface area contributed by atoms with E-state index in [0.29, 0.717) is 10.2 Å². The Morgan fingerprint density at radius 2 is 1.55 bits per heavy atom. The molecule has 0 aliphatic carbocycles. The van der Waals surface area contributed by atoms with E-state index < -0.39 is 31.9 Å². The molecule has 0 aliphatic heterocycles. The van der Waals surface area contributed by atoms with E-state index in [1.54, 1.807) is 4.57 Å². The SMILES string of the molecule is COCCN(CCOC)S(=O)(=O)c1ccc(C(=O)N=c2sc3cc(S(N)(=O)=O)ccc3n2CCC(=O)OC)cc1. The molecular formula is C24H30N4O9S3. The Bertz CT molecular complexity index is 1640. The number of sulfonamides is 2. The third kappa shape index (κ3) is 7.60.